The van der Waals surface area contributed by atoms with Gasteiger partial charge in [-0.05, 0) is 45.1 Å². The molecule has 3 rings (SSSR count). The van der Waals surface area contributed by atoms with Gasteiger partial charge in [0.2, 0.25) is 0 Å². The first-order valence-electron chi connectivity index (χ1n) is 8.71. The molecular formula is C19H25N3O3. The second-order valence-corrected chi connectivity index (χ2v) is 7.20. The van der Waals surface area contributed by atoms with Crippen LogP contribution >= 0.6 is 0 Å². The van der Waals surface area contributed by atoms with E-state index in [1.807, 2.05) is 19.0 Å². The van der Waals surface area contributed by atoms with Gasteiger partial charge in [-0.1, -0.05) is 6.07 Å². The number of nitriles is 1. The number of likely N-dealkylation sites (N-methyl/N-ethyl adjacent to an activating group) is 1. The summed E-state index contributed by atoms with van der Waals surface area (Å²) in [6, 6.07) is 8.93. The highest BCUT2D eigenvalue weighted by molar-refractivity contribution is 5.94. The third-order valence-corrected chi connectivity index (χ3v) is 4.78. The molecule has 0 saturated carbocycles. The van der Waals surface area contributed by atoms with E-state index in [4.69, 9.17) is 14.7 Å². The van der Waals surface area contributed by atoms with E-state index < -0.39 is 5.60 Å². The van der Waals surface area contributed by atoms with E-state index in [2.05, 4.69) is 11.0 Å². The summed E-state index contributed by atoms with van der Waals surface area (Å²) in [5.41, 5.74) is 0.619. The Kier molecular flexibility index (Phi) is 5.38. The zero-order valence-corrected chi connectivity index (χ0v) is 14.9. The molecule has 0 aromatic heterocycles. The van der Waals surface area contributed by atoms with Gasteiger partial charge in [0.1, 0.15) is 5.60 Å². The second-order valence-electron chi connectivity index (χ2n) is 7.20. The lowest BCUT2D eigenvalue weighted by molar-refractivity contribution is -0.0878. The lowest BCUT2D eigenvalue weighted by Gasteiger charge is -2.32. The van der Waals surface area contributed by atoms with Crippen LogP contribution in [0.15, 0.2) is 24.3 Å². The molecule has 2 aliphatic rings. The molecule has 1 aromatic rings. The maximum Gasteiger partial charge on any atom is 0.254 e. The highest BCUT2D eigenvalue weighted by atomic mass is 16.6. The summed E-state index contributed by atoms with van der Waals surface area (Å²) in [4.78, 5) is 16.8. The largest absolute Gasteiger partial charge is 0.377 e. The van der Waals surface area contributed by atoms with Gasteiger partial charge >= 0.3 is 0 Å². The maximum absolute atomic E-state index is 12.9. The summed E-state index contributed by atoms with van der Waals surface area (Å²) in [6.45, 7) is 2.98. The number of benzene rings is 1. The quantitative estimate of drug-likeness (QED) is 0.832. The van der Waals surface area contributed by atoms with Crippen molar-refractivity contribution in [2.24, 2.45) is 0 Å². The molecule has 0 N–H and O–H groups in total. The summed E-state index contributed by atoms with van der Waals surface area (Å²) in [5.74, 6) is -0.0679. The molecule has 0 unspecified atom stereocenters. The molecule has 6 heteroatoms. The summed E-state index contributed by atoms with van der Waals surface area (Å²) in [5, 5.41) is 9.05. The van der Waals surface area contributed by atoms with Crippen LogP contribution < -0.4 is 0 Å². The minimum atomic E-state index is -0.417. The van der Waals surface area contributed by atoms with Crippen molar-refractivity contribution in [1.82, 2.24) is 9.80 Å². The van der Waals surface area contributed by atoms with Crippen molar-refractivity contribution in [3.05, 3.63) is 35.4 Å². The normalized spacial score (nSPS) is 26.6. The molecular weight excluding hydrogens is 318 g/mol. The Balaban J connectivity index is 1.74. The van der Waals surface area contributed by atoms with Crippen LogP contribution in [0.2, 0.25) is 0 Å². The summed E-state index contributed by atoms with van der Waals surface area (Å²) < 4.78 is 12.1. The fourth-order valence-corrected chi connectivity index (χ4v) is 3.64. The standard InChI is InChI=1S/C19H25N3O3/c1-21(2)12-17-6-7-19(25-17)13-22(8-9-24-14-19)18(23)16-5-3-4-15(10-16)11-20/h3-5,10,17H,6-9,12-14H2,1-2H3/t17-,19-/m0/s1. The zero-order valence-electron chi connectivity index (χ0n) is 14.9. The first kappa shape index (κ1) is 17.9. The zero-order chi connectivity index (χ0) is 17.9. The lowest BCUT2D eigenvalue weighted by Crippen LogP contribution is -2.47. The minimum Gasteiger partial charge on any atom is -0.377 e. The van der Waals surface area contributed by atoms with Gasteiger partial charge in [0.15, 0.2) is 0 Å². The Labute approximate surface area is 148 Å². The highest BCUT2D eigenvalue weighted by Crippen LogP contribution is 2.33. The molecule has 1 aromatic carbocycles. The third kappa shape index (κ3) is 4.18. The molecule has 0 radical (unpaired) electrons. The molecule has 1 amide bonds. The average molecular weight is 343 g/mol. The highest BCUT2D eigenvalue weighted by Gasteiger charge is 2.44. The van der Waals surface area contributed by atoms with Crippen LogP contribution in [-0.2, 0) is 9.47 Å². The smallest absolute Gasteiger partial charge is 0.254 e. The summed E-state index contributed by atoms with van der Waals surface area (Å²) in [6.07, 6.45) is 2.05. The van der Waals surface area contributed by atoms with Crippen molar-refractivity contribution in [2.45, 2.75) is 24.5 Å². The van der Waals surface area contributed by atoms with E-state index >= 15 is 0 Å². The van der Waals surface area contributed by atoms with Gasteiger partial charge in [-0.15, -0.1) is 0 Å². The number of carbonyl (C=O) groups is 1. The first-order valence-corrected chi connectivity index (χ1v) is 8.71. The molecule has 6 nitrogen and oxygen atoms in total. The predicted octanol–water partition coefficient (Wildman–Crippen LogP) is 1.51. The average Bonchev–Trinajstić information content (AvgIpc) is 2.86. The van der Waals surface area contributed by atoms with Crippen LogP contribution in [0, 0.1) is 11.3 Å². The molecule has 1 spiro atoms. The van der Waals surface area contributed by atoms with Gasteiger partial charge in [0.05, 0.1) is 37.5 Å². The number of ether oxygens (including phenoxy) is 2. The van der Waals surface area contributed by atoms with Crippen LogP contribution in [0.3, 0.4) is 0 Å². The predicted molar refractivity (Wildman–Crippen MR) is 93.3 cm³/mol. The van der Waals surface area contributed by atoms with E-state index in [1.165, 1.54) is 0 Å². The van der Waals surface area contributed by atoms with E-state index in [0.29, 0.717) is 37.4 Å². The van der Waals surface area contributed by atoms with Crippen molar-refractivity contribution in [2.75, 3.05) is 46.9 Å². The second kappa shape index (κ2) is 7.52. The number of hydrogen-bond acceptors (Lipinski definition) is 5. The van der Waals surface area contributed by atoms with Crippen LogP contribution in [0.1, 0.15) is 28.8 Å². The molecule has 134 valence electrons. The molecule has 2 fully saturated rings. The fourth-order valence-electron chi connectivity index (χ4n) is 3.64. The Hall–Kier alpha value is -1.94. The Morgan fingerprint density at radius 1 is 1.48 bits per heavy atom. The van der Waals surface area contributed by atoms with E-state index in [0.717, 1.165) is 19.4 Å². The number of hydrogen-bond donors (Lipinski definition) is 0. The number of amides is 1. The van der Waals surface area contributed by atoms with Crippen molar-refractivity contribution in [3.63, 3.8) is 0 Å². The van der Waals surface area contributed by atoms with Crippen molar-refractivity contribution in [1.29, 1.82) is 5.26 Å². The molecule has 25 heavy (non-hydrogen) atoms. The first-order chi connectivity index (χ1) is 12.0. The molecule has 2 atom stereocenters. The molecule has 0 bridgehead atoms. The molecule has 2 aliphatic heterocycles. The minimum absolute atomic E-state index is 0.0679. The van der Waals surface area contributed by atoms with Crippen LogP contribution in [-0.4, -0.2) is 74.4 Å². The Bertz CT molecular complexity index is 670. The summed E-state index contributed by atoms with van der Waals surface area (Å²) >= 11 is 0. The van der Waals surface area contributed by atoms with Crippen LogP contribution in [0.4, 0.5) is 0 Å². The van der Waals surface area contributed by atoms with Crippen molar-refractivity contribution >= 4 is 5.91 Å². The third-order valence-electron chi connectivity index (χ3n) is 4.78. The van der Waals surface area contributed by atoms with E-state index in [1.54, 1.807) is 24.3 Å². The van der Waals surface area contributed by atoms with Gasteiger partial charge in [-0.25, -0.2) is 0 Å². The SMILES string of the molecule is CN(C)C[C@@H]1CC[C@]2(COCCN(C(=O)c3cccc(C#N)c3)C2)O1. The maximum atomic E-state index is 12.9. The molecule has 2 saturated heterocycles. The monoisotopic (exact) mass is 343 g/mol. The van der Waals surface area contributed by atoms with Crippen molar-refractivity contribution < 1.29 is 14.3 Å². The van der Waals surface area contributed by atoms with Gasteiger partial charge < -0.3 is 19.3 Å². The Morgan fingerprint density at radius 2 is 2.32 bits per heavy atom. The van der Waals surface area contributed by atoms with Crippen LogP contribution in [0.25, 0.3) is 0 Å². The van der Waals surface area contributed by atoms with Crippen LogP contribution in [0.5, 0.6) is 0 Å². The fraction of sp³-hybridized carbons (Fsp3) is 0.579. The Morgan fingerprint density at radius 3 is 3.08 bits per heavy atom. The van der Waals surface area contributed by atoms with E-state index in [9.17, 15) is 4.79 Å². The van der Waals surface area contributed by atoms with Gasteiger partial charge in [0, 0.05) is 18.7 Å². The van der Waals surface area contributed by atoms with E-state index in [-0.39, 0.29) is 12.0 Å². The lowest BCUT2D eigenvalue weighted by atomic mass is 9.99. The summed E-state index contributed by atoms with van der Waals surface area (Å²) in [7, 11) is 4.08. The number of carbonyl (C=O) groups excluding carboxylic acids is 1. The molecule has 2 heterocycles. The molecule has 0 aliphatic carbocycles. The van der Waals surface area contributed by atoms with Gasteiger partial charge in [-0.3, -0.25) is 4.79 Å². The topological polar surface area (TPSA) is 65.8 Å². The van der Waals surface area contributed by atoms with Gasteiger partial charge in [-0.2, -0.15) is 5.26 Å². The number of rotatable bonds is 3. The number of nitrogens with zero attached hydrogens (tertiary/aromatic N) is 3. The van der Waals surface area contributed by atoms with Gasteiger partial charge in [0.25, 0.3) is 5.91 Å². The van der Waals surface area contributed by atoms with Crippen molar-refractivity contribution in [3.8, 4) is 6.07 Å².